The van der Waals surface area contributed by atoms with Crippen molar-refractivity contribution in [1.82, 2.24) is 15.5 Å². The monoisotopic (exact) mass is 341 g/mol. The van der Waals surface area contributed by atoms with E-state index in [0.29, 0.717) is 6.54 Å². The van der Waals surface area contributed by atoms with Gasteiger partial charge in [-0.1, -0.05) is 0 Å². The van der Waals surface area contributed by atoms with Gasteiger partial charge >= 0.3 is 0 Å². The van der Waals surface area contributed by atoms with Gasteiger partial charge in [0.2, 0.25) is 0 Å². The summed E-state index contributed by atoms with van der Waals surface area (Å²) >= 11 is 0. The third kappa shape index (κ3) is 4.31. The Kier molecular flexibility index (Phi) is 7.05. The van der Waals surface area contributed by atoms with Crippen molar-refractivity contribution in [2.24, 2.45) is 0 Å². The van der Waals surface area contributed by atoms with Gasteiger partial charge in [-0.15, -0.1) is 12.4 Å². The van der Waals surface area contributed by atoms with Crippen LogP contribution in [0, 0.1) is 23.3 Å². The van der Waals surface area contributed by atoms with Gasteiger partial charge in [0.15, 0.2) is 23.3 Å². The second kappa shape index (κ2) is 8.30. The first-order valence-electron chi connectivity index (χ1n) is 6.55. The van der Waals surface area contributed by atoms with Crippen LogP contribution in [0.2, 0.25) is 0 Å². The summed E-state index contributed by atoms with van der Waals surface area (Å²) in [7, 11) is 0. The number of carbonyl (C=O) groups is 1. The number of amides is 1. The lowest BCUT2D eigenvalue weighted by Crippen LogP contribution is -2.46. The lowest BCUT2D eigenvalue weighted by atomic mass is 10.1. The molecule has 124 valence electrons. The molecule has 1 fully saturated rings. The minimum atomic E-state index is -1.69. The van der Waals surface area contributed by atoms with Crippen molar-refractivity contribution in [2.75, 3.05) is 39.3 Å². The van der Waals surface area contributed by atoms with Crippen molar-refractivity contribution >= 4 is 18.3 Å². The molecule has 0 aliphatic carbocycles. The van der Waals surface area contributed by atoms with Gasteiger partial charge in [0.05, 0.1) is 0 Å². The SMILES string of the molecule is Cl.O=C(NCCN1CCNCC1)c1c(F)c(F)cc(F)c1F. The van der Waals surface area contributed by atoms with Crippen molar-refractivity contribution < 1.29 is 22.4 Å². The number of nitrogens with zero attached hydrogens (tertiary/aromatic N) is 1. The fourth-order valence-corrected chi connectivity index (χ4v) is 2.12. The smallest absolute Gasteiger partial charge is 0.257 e. The Labute approximate surface area is 131 Å². The highest BCUT2D eigenvalue weighted by Crippen LogP contribution is 2.19. The number of nitrogens with one attached hydrogen (secondary N) is 2. The molecule has 4 nitrogen and oxygen atoms in total. The van der Waals surface area contributed by atoms with Crippen LogP contribution >= 0.6 is 12.4 Å². The Balaban J connectivity index is 0.00000242. The molecule has 2 N–H and O–H groups in total. The van der Waals surface area contributed by atoms with Crippen molar-refractivity contribution in [3.8, 4) is 0 Å². The molecule has 0 atom stereocenters. The van der Waals surface area contributed by atoms with Crippen LogP contribution in [0.15, 0.2) is 6.07 Å². The highest BCUT2D eigenvalue weighted by Gasteiger charge is 2.24. The third-order valence-corrected chi connectivity index (χ3v) is 3.26. The maximum absolute atomic E-state index is 13.4. The van der Waals surface area contributed by atoms with Crippen LogP contribution in [-0.2, 0) is 0 Å². The average molecular weight is 342 g/mol. The Bertz CT molecular complexity index is 512. The number of carbonyl (C=O) groups excluding carboxylic acids is 1. The van der Waals surface area contributed by atoms with E-state index >= 15 is 0 Å². The van der Waals surface area contributed by atoms with Crippen LogP contribution in [-0.4, -0.2) is 50.1 Å². The average Bonchev–Trinajstić information content (AvgIpc) is 2.46. The normalized spacial score (nSPS) is 15.3. The predicted octanol–water partition coefficient (Wildman–Crippen LogP) is 1.30. The topological polar surface area (TPSA) is 44.4 Å². The molecule has 0 saturated carbocycles. The second-order valence-electron chi connectivity index (χ2n) is 4.69. The van der Waals surface area contributed by atoms with Gasteiger partial charge in [-0.25, -0.2) is 17.6 Å². The van der Waals surface area contributed by atoms with Gasteiger partial charge in [-0.05, 0) is 0 Å². The molecule has 1 heterocycles. The number of halogens is 5. The van der Waals surface area contributed by atoms with E-state index in [-0.39, 0.29) is 25.0 Å². The van der Waals surface area contributed by atoms with Gasteiger partial charge in [0, 0.05) is 45.3 Å². The van der Waals surface area contributed by atoms with Crippen LogP contribution in [0.5, 0.6) is 0 Å². The molecular formula is C13H16ClF4N3O. The van der Waals surface area contributed by atoms with E-state index in [1.807, 2.05) is 0 Å². The minimum Gasteiger partial charge on any atom is -0.351 e. The zero-order valence-corrected chi connectivity index (χ0v) is 12.4. The molecule has 1 amide bonds. The molecule has 1 saturated heterocycles. The van der Waals surface area contributed by atoms with E-state index in [1.165, 1.54) is 0 Å². The lowest BCUT2D eigenvalue weighted by molar-refractivity contribution is 0.0936. The van der Waals surface area contributed by atoms with Crippen molar-refractivity contribution in [1.29, 1.82) is 0 Å². The Morgan fingerprint density at radius 1 is 1.14 bits per heavy atom. The number of hydrogen-bond donors (Lipinski definition) is 2. The van der Waals surface area contributed by atoms with E-state index in [4.69, 9.17) is 0 Å². The summed E-state index contributed by atoms with van der Waals surface area (Å²) in [5, 5.41) is 5.42. The zero-order valence-electron chi connectivity index (χ0n) is 11.6. The Hall–Kier alpha value is -1.38. The summed E-state index contributed by atoms with van der Waals surface area (Å²) in [6, 6.07) is 0.0716. The summed E-state index contributed by atoms with van der Waals surface area (Å²) in [6.07, 6.45) is 0. The molecule has 1 aromatic rings. The number of piperazine rings is 1. The molecule has 0 aromatic heterocycles. The predicted molar refractivity (Wildman–Crippen MR) is 75.2 cm³/mol. The molecular weight excluding hydrogens is 326 g/mol. The molecule has 22 heavy (non-hydrogen) atoms. The molecule has 0 radical (unpaired) electrons. The minimum absolute atomic E-state index is 0. The molecule has 1 aliphatic heterocycles. The van der Waals surface area contributed by atoms with Gasteiger partial charge in [-0.2, -0.15) is 0 Å². The van der Waals surface area contributed by atoms with E-state index in [0.717, 1.165) is 26.2 Å². The second-order valence-corrected chi connectivity index (χ2v) is 4.69. The van der Waals surface area contributed by atoms with E-state index in [2.05, 4.69) is 15.5 Å². The maximum Gasteiger partial charge on any atom is 0.257 e. The van der Waals surface area contributed by atoms with E-state index in [1.54, 1.807) is 0 Å². The van der Waals surface area contributed by atoms with Crippen LogP contribution in [0.4, 0.5) is 17.6 Å². The van der Waals surface area contributed by atoms with Gasteiger partial charge in [0.1, 0.15) is 5.56 Å². The molecule has 2 rings (SSSR count). The summed E-state index contributed by atoms with van der Waals surface area (Å²) in [5.74, 6) is -7.73. The van der Waals surface area contributed by atoms with Crippen molar-refractivity contribution in [3.05, 3.63) is 34.9 Å². The van der Waals surface area contributed by atoms with Gasteiger partial charge in [0.25, 0.3) is 5.91 Å². The highest BCUT2D eigenvalue weighted by atomic mass is 35.5. The zero-order chi connectivity index (χ0) is 15.4. The molecule has 0 spiro atoms. The number of rotatable bonds is 4. The standard InChI is InChI=1S/C13H15F4N3O.ClH/c14-8-7-9(15)12(17)10(11(8)16)13(21)19-3-6-20-4-1-18-2-5-20;/h7,18H,1-6H2,(H,19,21);1H. The van der Waals surface area contributed by atoms with Crippen LogP contribution in [0.25, 0.3) is 0 Å². The first-order valence-corrected chi connectivity index (χ1v) is 6.55. The lowest BCUT2D eigenvalue weighted by Gasteiger charge is -2.27. The van der Waals surface area contributed by atoms with Crippen molar-refractivity contribution in [2.45, 2.75) is 0 Å². The molecule has 1 aliphatic rings. The fourth-order valence-electron chi connectivity index (χ4n) is 2.12. The first kappa shape index (κ1) is 18.7. The maximum atomic E-state index is 13.4. The third-order valence-electron chi connectivity index (χ3n) is 3.26. The van der Waals surface area contributed by atoms with Crippen LogP contribution in [0.1, 0.15) is 10.4 Å². The first-order chi connectivity index (χ1) is 10.0. The molecule has 0 bridgehead atoms. The Morgan fingerprint density at radius 3 is 2.23 bits per heavy atom. The van der Waals surface area contributed by atoms with Crippen molar-refractivity contribution in [3.63, 3.8) is 0 Å². The summed E-state index contributed by atoms with van der Waals surface area (Å²) in [6.45, 7) is 3.88. The van der Waals surface area contributed by atoms with Crippen LogP contribution < -0.4 is 10.6 Å². The number of hydrogen-bond acceptors (Lipinski definition) is 3. The largest absolute Gasteiger partial charge is 0.351 e. The van der Waals surface area contributed by atoms with Gasteiger partial charge in [-0.3, -0.25) is 9.69 Å². The molecule has 9 heteroatoms. The van der Waals surface area contributed by atoms with Gasteiger partial charge < -0.3 is 10.6 Å². The fraction of sp³-hybridized carbons (Fsp3) is 0.462. The summed E-state index contributed by atoms with van der Waals surface area (Å²) in [4.78, 5) is 13.7. The summed E-state index contributed by atoms with van der Waals surface area (Å²) < 4.78 is 52.9. The number of benzene rings is 1. The molecule has 1 aromatic carbocycles. The van der Waals surface area contributed by atoms with Crippen LogP contribution in [0.3, 0.4) is 0 Å². The quantitative estimate of drug-likeness (QED) is 0.641. The van der Waals surface area contributed by atoms with E-state index < -0.39 is 34.7 Å². The Morgan fingerprint density at radius 2 is 1.68 bits per heavy atom. The van der Waals surface area contributed by atoms with E-state index in [9.17, 15) is 22.4 Å². The molecule has 0 unspecified atom stereocenters. The summed E-state index contributed by atoms with van der Waals surface area (Å²) in [5.41, 5.74) is -1.23. The highest BCUT2D eigenvalue weighted by molar-refractivity contribution is 5.94.